The van der Waals surface area contributed by atoms with Gasteiger partial charge in [-0.05, 0) is 147 Å². The Hall–Kier alpha value is -2.25. The smallest absolute Gasteiger partial charge is 0.465 e. The molecular weight excluding hydrogens is 1710 g/mol. The summed E-state index contributed by atoms with van der Waals surface area (Å²) in [6.07, 6.45) is 13.2. The molecule has 12 unspecified atom stereocenters. The molecule has 0 aromatic heterocycles. The van der Waals surface area contributed by atoms with E-state index in [4.69, 9.17) is 110 Å². The third-order valence-electron chi connectivity index (χ3n) is 14.6. The van der Waals surface area contributed by atoms with E-state index in [9.17, 15) is 43.8 Å². The first kappa shape index (κ1) is 97.8. The van der Waals surface area contributed by atoms with Crippen molar-refractivity contribution in [2.75, 3.05) is 66.1 Å². The van der Waals surface area contributed by atoms with Gasteiger partial charge < -0.3 is 111 Å². The summed E-state index contributed by atoms with van der Waals surface area (Å²) < 4.78 is 85.0. The molecule has 0 aromatic carbocycles. The van der Waals surface area contributed by atoms with Crippen LogP contribution in [0.2, 0.25) is 0 Å². The summed E-state index contributed by atoms with van der Waals surface area (Å²) in [4.78, 5) is 146. The number of fused-ring (bicyclic) bond motifs is 2. The summed E-state index contributed by atoms with van der Waals surface area (Å²) in [6, 6.07) is 0. The summed E-state index contributed by atoms with van der Waals surface area (Å²) in [5, 5.41) is 28.8. The van der Waals surface area contributed by atoms with Crippen molar-refractivity contribution in [3.05, 3.63) is 36.5 Å². The first-order chi connectivity index (χ1) is 45.2. The Balaban J connectivity index is 0. The molecule has 6 fully saturated rings. The van der Waals surface area contributed by atoms with Crippen molar-refractivity contribution in [3.8, 4) is 0 Å². The molecule has 2 heterocycles. The Morgan fingerprint density at radius 2 is 0.704 bits per heavy atom. The van der Waals surface area contributed by atoms with Crippen LogP contribution in [0.25, 0.3) is 0 Å². The van der Waals surface area contributed by atoms with Crippen LogP contribution in [0.3, 0.4) is 0 Å². The van der Waals surface area contributed by atoms with Gasteiger partial charge in [-0.2, -0.15) is 0 Å². The van der Waals surface area contributed by atoms with Crippen LogP contribution in [0.5, 0.6) is 0 Å². The molecule has 0 radical (unpaired) electrons. The van der Waals surface area contributed by atoms with E-state index in [2.05, 4.69) is 61.7 Å². The zero-order chi connectivity index (χ0) is 73.9. The van der Waals surface area contributed by atoms with Gasteiger partial charge in [0.25, 0.3) is 0 Å². The second kappa shape index (κ2) is 54.4. The van der Waals surface area contributed by atoms with Gasteiger partial charge >= 0.3 is 116 Å². The van der Waals surface area contributed by atoms with Gasteiger partial charge in [-0.15, -0.1) is 0 Å². The Bertz CT molecular complexity index is 2410. The van der Waals surface area contributed by atoms with E-state index in [1.807, 2.05) is 0 Å². The van der Waals surface area contributed by atoms with E-state index in [0.29, 0.717) is 150 Å². The molecule has 33 nitrogen and oxygen atoms in total. The number of aliphatic hydroxyl groups is 3. The number of epoxide rings is 2. The average Bonchev–Trinajstić information content (AvgIpc) is 1.66. The van der Waals surface area contributed by atoms with Gasteiger partial charge in [-0.1, -0.05) is 27.2 Å². The average molecular weight is 1810 g/mol. The van der Waals surface area contributed by atoms with Crippen LogP contribution in [-0.4, -0.2) is 216 Å². The van der Waals surface area contributed by atoms with Gasteiger partial charge in [0.1, 0.15) is 19.8 Å². The number of halogens is 3. The van der Waals surface area contributed by atoms with Crippen LogP contribution < -0.4 is 13.3 Å². The molecule has 4 aliphatic carbocycles. The third-order valence-corrected chi connectivity index (χ3v) is 14.6. The maximum atomic E-state index is 12.2. The summed E-state index contributed by atoms with van der Waals surface area (Å²) in [6.45, 7) is 17.0. The number of rotatable bonds is 31. The third kappa shape index (κ3) is 58.2. The zero-order valence-corrected chi connectivity index (χ0v) is 63.8. The van der Waals surface area contributed by atoms with E-state index in [-0.39, 0.29) is 115 Å². The summed E-state index contributed by atoms with van der Waals surface area (Å²) >= 11 is 5.30. The minimum absolute atomic E-state index is 0. The van der Waals surface area contributed by atoms with Crippen LogP contribution in [-0.2, 0) is 99.4 Å². The molecular formula is C59H103I3O33P3-. The van der Waals surface area contributed by atoms with Gasteiger partial charge in [0, 0.05) is 42.4 Å². The normalized spacial score (nSPS) is 23.9. The molecule has 6 aliphatic rings. The van der Waals surface area contributed by atoms with Crippen molar-refractivity contribution in [1.82, 2.24) is 0 Å². The van der Waals surface area contributed by atoms with Crippen LogP contribution in [0.4, 0.5) is 0 Å². The molecule has 4 saturated carbocycles. The van der Waals surface area contributed by atoms with Crippen LogP contribution in [0.1, 0.15) is 157 Å². The fraction of sp³-hybridized carbons (Fsp3) is 0.780. The van der Waals surface area contributed by atoms with Crippen LogP contribution in [0.15, 0.2) is 36.5 Å². The Morgan fingerprint density at radius 1 is 0.418 bits per heavy atom. The number of esters is 7. The fourth-order valence-corrected chi connectivity index (χ4v) is 9.74. The molecule has 12 N–H and O–H groups in total. The topological polar surface area (TPSA) is 522 Å². The van der Waals surface area contributed by atoms with Crippen molar-refractivity contribution >= 4 is 102 Å². The molecule has 0 amide bonds. The Labute approximate surface area is 601 Å². The van der Waals surface area contributed by atoms with E-state index in [1.165, 1.54) is 0 Å². The predicted octanol–water partition coefficient (Wildman–Crippen LogP) is 2.46. The number of carbonyl (C=O) groups excluding carboxylic acids is 7. The van der Waals surface area contributed by atoms with E-state index >= 15 is 0 Å². The van der Waals surface area contributed by atoms with Gasteiger partial charge in [-0.25, -0.2) is 28.1 Å². The molecule has 574 valence electrons. The number of unbranched alkanes of at least 4 members (excludes halogenated alkanes) is 2. The number of aliphatic hydroxyl groups excluding tert-OH is 3. The second-order valence-corrected chi connectivity index (χ2v) is 42.6. The van der Waals surface area contributed by atoms with Crippen LogP contribution >= 0.6 is 60.7 Å². The Kier molecular flexibility index (Phi) is 54.3. The van der Waals surface area contributed by atoms with Crippen LogP contribution in [0, 0.1) is 23.7 Å². The molecule has 0 spiro atoms. The first-order valence-electron chi connectivity index (χ1n) is 31.1. The van der Waals surface area contributed by atoms with E-state index in [0.717, 1.165) is 44.9 Å². The summed E-state index contributed by atoms with van der Waals surface area (Å²) in [7, 11) is -13.9. The summed E-state index contributed by atoms with van der Waals surface area (Å²) in [5.41, 5.74) is 0.973. The molecule has 98 heavy (non-hydrogen) atoms. The maximum Gasteiger partial charge on any atom is 0.466 e. The number of hydrogen-bond acceptors (Lipinski definition) is 24. The van der Waals surface area contributed by atoms with Gasteiger partial charge in [0.05, 0.1) is 95.1 Å². The number of ether oxygens (including phenoxy) is 11. The first-order valence-corrected chi connectivity index (χ1v) is 48.3. The fourth-order valence-electron chi connectivity index (χ4n) is 9.74. The number of hydrogen-bond donors (Lipinski definition) is 12. The van der Waals surface area contributed by atoms with Crippen molar-refractivity contribution in [2.24, 2.45) is 23.7 Å². The van der Waals surface area contributed by atoms with Crippen molar-refractivity contribution in [2.45, 2.75) is 205 Å². The van der Waals surface area contributed by atoms with Gasteiger partial charge in [0.15, 0.2) is 0 Å². The molecule has 0 bridgehead atoms. The zero-order valence-electron chi connectivity index (χ0n) is 54.7. The quantitative estimate of drug-likeness (QED) is 0.00902. The molecule has 39 heteroatoms. The minimum Gasteiger partial charge on any atom is -0.465 e. The van der Waals surface area contributed by atoms with E-state index < -0.39 is 59.7 Å². The number of carbonyl (C=O) groups is 7. The molecule has 6 rings (SSSR count). The SMILES string of the molecule is C.C=C(C)C(=O)OCCO.C=C(C)C(=O)OCCOC1CCC(COC(=O)CCCCC(=O)OCC2CCC(O)C(OCCOC(=O)C(=C)C)C2)CC1O.I[I-]I.O=C(CCCCC(=O)OCC1CCC2OC2C1)OCC1CCC2OC2C1.O=P(O)(O)O.O=P(O)(O)O.O=P(O)(O)O. The minimum atomic E-state index is -4.64. The predicted molar refractivity (Wildman–Crippen MR) is 361 cm³/mol. The Morgan fingerprint density at radius 3 is 1.01 bits per heavy atom. The molecule has 2 aliphatic heterocycles. The second-order valence-electron chi connectivity index (χ2n) is 23.3. The summed E-state index contributed by atoms with van der Waals surface area (Å²) in [5.74, 6) is -1.40. The van der Waals surface area contributed by atoms with Gasteiger partial charge in [-0.3, -0.25) is 19.2 Å². The van der Waals surface area contributed by atoms with Crippen molar-refractivity contribution < 1.29 is 172 Å². The number of phosphoric acid groups is 3. The molecule has 12 atom stereocenters. The van der Waals surface area contributed by atoms with Crippen molar-refractivity contribution in [3.63, 3.8) is 0 Å². The standard InChI is InChI=1S/C32H50O12.C20H30O6.C6H10O3.CH4.I3.3H3O4P/c1-21(2)31(37)41-15-13-39-27-12-10-23(17-26(27)34)19-43-29(35)7-5-6-8-30(36)44-20-24-9-11-25(33)28(18-24)40-14-16-42-32(38)22(3)4;21-19(23-11-13-5-7-15-17(9-13)25-15)3-1-2-4-20(22)24-12-14-6-8-16-18(10-14)26-16;1-5(2)6(8)9-4-3-7;;1-3-2;3*1-5(2,3)4/h23-28,33-34H,1,3,5-20H2,2,4H3;13-18H,1-12H2;7H,1,3-4H2,2H3;1H4;;3*(H3,1,2,3,4)/q;;;;-1;;;. The molecule has 0 aromatic rings. The van der Waals surface area contributed by atoms with Crippen molar-refractivity contribution in [1.29, 1.82) is 0 Å². The molecule has 2 saturated heterocycles. The van der Waals surface area contributed by atoms with E-state index in [1.54, 1.807) is 20.8 Å². The maximum absolute atomic E-state index is 12.2. The monoisotopic (exact) mass is 1810 g/mol. The largest absolute Gasteiger partial charge is 0.466 e. The van der Waals surface area contributed by atoms with Gasteiger partial charge in [0.2, 0.25) is 0 Å².